The van der Waals surface area contributed by atoms with Gasteiger partial charge >= 0.3 is 0 Å². The Bertz CT molecular complexity index is 577. The van der Waals surface area contributed by atoms with Crippen LogP contribution in [0.25, 0.3) is 0 Å². The van der Waals surface area contributed by atoms with Crippen LogP contribution in [0.1, 0.15) is 31.7 Å². The van der Waals surface area contributed by atoms with Gasteiger partial charge in [0, 0.05) is 66.1 Å². The predicted octanol–water partition coefficient (Wildman–Crippen LogP) is 2.19. The number of rotatable bonds is 15. The molecule has 7 nitrogen and oxygen atoms in total. The van der Waals surface area contributed by atoms with E-state index in [1.807, 2.05) is 0 Å². The molecule has 0 bridgehead atoms. The smallest absolute Gasteiger partial charge is 0.191 e. The number of nitrogens with zero attached hydrogens (tertiary/aromatic N) is 3. The Morgan fingerprint density at radius 1 is 0.935 bits per heavy atom. The van der Waals surface area contributed by atoms with Gasteiger partial charge in [0.25, 0.3) is 0 Å². The van der Waals surface area contributed by atoms with E-state index in [-0.39, 0.29) is 0 Å². The minimum Gasteiger partial charge on any atom is -0.382 e. The molecule has 0 saturated carbocycles. The molecule has 31 heavy (non-hydrogen) atoms. The van der Waals surface area contributed by atoms with Crippen LogP contribution < -0.4 is 10.6 Å². The van der Waals surface area contributed by atoms with Gasteiger partial charge in [0.2, 0.25) is 0 Å². The van der Waals surface area contributed by atoms with Gasteiger partial charge in [-0.3, -0.25) is 9.89 Å². The molecule has 1 aromatic carbocycles. The van der Waals surface area contributed by atoms with E-state index in [4.69, 9.17) is 9.47 Å². The van der Waals surface area contributed by atoms with Crippen LogP contribution in [0.15, 0.2) is 35.3 Å². The number of hydrogen-bond acceptors (Lipinski definition) is 5. The molecule has 176 valence electrons. The zero-order valence-corrected chi connectivity index (χ0v) is 19.7. The van der Waals surface area contributed by atoms with Gasteiger partial charge < -0.3 is 25.0 Å². The zero-order chi connectivity index (χ0) is 22.0. The van der Waals surface area contributed by atoms with E-state index in [2.05, 4.69) is 62.7 Å². The van der Waals surface area contributed by atoms with Gasteiger partial charge in [0.05, 0.1) is 13.2 Å². The van der Waals surface area contributed by atoms with Gasteiger partial charge in [0.1, 0.15) is 0 Å². The number of benzene rings is 1. The first kappa shape index (κ1) is 25.6. The minimum absolute atomic E-state index is 0.650. The van der Waals surface area contributed by atoms with Crippen molar-refractivity contribution in [3.63, 3.8) is 0 Å². The number of aliphatic imine (C=N–C) groups is 1. The van der Waals surface area contributed by atoms with Crippen molar-refractivity contribution in [2.75, 3.05) is 79.3 Å². The minimum atomic E-state index is 0.650. The van der Waals surface area contributed by atoms with Gasteiger partial charge in [-0.25, -0.2) is 0 Å². The highest BCUT2D eigenvalue weighted by Crippen LogP contribution is 2.09. The highest BCUT2D eigenvalue weighted by molar-refractivity contribution is 5.79. The van der Waals surface area contributed by atoms with Crippen molar-refractivity contribution in [1.82, 2.24) is 20.4 Å². The molecule has 1 aliphatic rings. The summed E-state index contributed by atoms with van der Waals surface area (Å²) < 4.78 is 10.5. The van der Waals surface area contributed by atoms with E-state index in [1.165, 1.54) is 44.7 Å². The fourth-order valence-corrected chi connectivity index (χ4v) is 3.62. The molecular formula is C24H43N5O2. The number of methoxy groups -OCH3 is 1. The summed E-state index contributed by atoms with van der Waals surface area (Å²) in [5.41, 5.74) is 1.42. The summed E-state index contributed by atoms with van der Waals surface area (Å²) in [5, 5.41) is 6.78. The zero-order valence-electron chi connectivity index (χ0n) is 19.7. The van der Waals surface area contributed by atoms with E-state index in [1.54, 1.807) is 7.11 Å². The molecule has 1 aliphatic heterocycles. The van der Waals surface area contributed by atoms with Gasteiger partial charge in [-0.05, 0) is 38.3 Å². The van der Waals surface area contributed by atoms with Crippen LogP contribution in [-0.2, 0) is 16.0 Å². The van der Waals surface area contributed by atoms with Gasteiger partial charge in [-0.15, -0.1) is 0 Å². The number of ether oxygens (including phenoxy) is 2. The van der Waals surface area contributed by atoms with E-state index < -0.39 is 0 Å². The SMILES string of the molecule is CCNC(=NCCCOCCOC)NCCCCN1CCN(Cc2ccccc2)CC1. The second-order valence-electron chi connectivity index (χ2n) is 7.96. The summed E-state index contributed by atoms with van der Waals surface area (Å²) in [6.45, 7) is 13.7. The first-order valence-electron chi connectivity index (χ1n) is 11.9. The molecule has 7 heteroatoms. The Labute approximate surface area is 189 Å². The maximum absolute atomic E-state index is 5.48. The van der Waals surface area contributed by atoms with E-state index in [9.17, 15) is 0 Å². The summed E-state index contributed by atoms with van der Waals surface area (Å²) in [4.78, 5) is 9.79. The summed E-state index contributed by atoms with van der Waals surface area (Å²) in [5.74, 6) is 0.911. The van der Waals surface area contributed by atoms with Gasteiger partial charge in [-0.1, -0.05) is 30.3 Å². The summed E-state index contributed by atoms with van der Waals surface area (Å²) in [6.07, 6.45) is 3.31. The quantitative estimate of drug-likeness (QED) is 0.251. The molecule has 0 atom stereocenters. The lowest BCUT2D eigenvalue weighted by molar-refractivity contribution is 0.0702. The fraction of sp³-hybridized carbons (Fsp3) is 0.708. The maximum Gasteiger partial charge on any atom is 0.191 e. The third-order valence-electron chi connectivity index (χ3n) is 5.40. The topological polar surface area (TPSA) is 61.4 Å². The Morgan fingerprint density at radius 2 is 1.71 bits per heavy atom. The maximum atomic E-state index is 5.48. The average Bonchev–Trinajstić information content (AvgIpc) is 2.80. The van der Waals surface area contributed by atoms with Crippen molar-refractivity contribution in [2.24, 2.45) is 4.99 Å². The molecule has 0 unspecified atom stereocenters. The van der Waals surface area contributed by atoms with Gasteiger partial charge in [0.15, 0.2) is 5.96 Å². The summed E-state index contributed by atoms with van der Waals surface area (Å²) >= 11 is 0. The third kappa shape index (κ3) is 12.1. The molecule has 1 aromatic rings. The highest BCUT2D eigenvalue weighted by atomic mass is 16.5. The largest absolute Gasteiger partial charge is 0.382 e. The van der Waals surface area contributed by atoms with E-state index in [0.717, 1.165) is 51.6 Å². The number of guanidine groups is 1. The first-order valence-corrected chi connectivity index (χ1v) is 11.9. The van der Waals surface area contributed by atoms with Crippen molar-refractivity contribution in [1.29, 1.82) is 0 Å². The molecule has 1 heterocycles. The lowest BCUT2D eigenvalue weighted by atomic mass is 10.2. The molecule has 0 radical (unpaired) electrons. The van der Waals surface area contributed by atoms with E-state index >= 15 is 0 Å². The van der Waals surface area contributed by atoms with Crippen molar-refractivity contribution in [3.8, 4) is 0 Å². The number of unbranched alkanes of at least 4 members (excludes halogenated alkanes) is 1. The normalized spacial score (nSPS) is 15.9. The lowest BCUT2D eigenvalue weighted by Crippen LogP contribution is -2.46. The predicted molar refractivity (Wildman–Crippen MR) is 129 cm³/mol. The highest BCUT2D eigenvalue weighted by Gasteiger charge is 2.16. The number of piperazine rings is 1. The molecule has 2 rings (SSSR count). The standard InChI is InChI=1S/C24H43N5O2/c1-3-25-24(27-13-9-19-31-21-20-30-2)26-12-7-8-14-28-15-17-29(18-16-28)22-23-10-5-4-6-11-23/h4-6,10-11H,3,7-9,12-22H2,1-2H3,(H2,25,26,27). The van der Waals surface area contributed by atoms with E-state index in [0.29, 0.717) is 13.2 Å². The number of nitrogens with one attached hydrogen (secondary N) is 2. The monoisotopic (exact) mass is 433 g/mol. The Hall–Kier alpha value is -1.67. The first-order chi connectivity index (χ1) is 15.3. The van der Waals surface area contributed by atoms with Crippen LogP contribution in [0.3, 0.4) is 0 Å². The fourth-order valence-electron chi connectivity index (χ4n) is 3.62. The Morgan fingerprint density at radius 3 is 2.45 bits per heavy atom. The second-order valence-corrected chi connectivity index (χ2v) is 7.96. The molecule has 0 aliphatic carbocycles. The van der Waals surface area contributed by atoms with Crippen molar-refractivity contribution < 1.29 is 9.47 Å². The van der Waals surface area contributed by atoms with Crippen LogP contribution in [-0.4, -0.2) is 95.0 Å². The molecule has 2 N–H and O–H groups in total. The molecular weight excluding hydrogens is 390 g/mol. The molecule has 0 spiro atoms. The average molecular weight is 434 g/mol. The summed E-state index contributed by atoms with van der Waals surface area (Å²) in [6, 6.07) is 10.8. The van der Waals surface area contributed by atoms with Crippen molar-refractivity contribution in [2.45, 2.75) is 32.7 Å². The molecule has 0 amide bonds. The summed E-state index contributed by atoms with van der Waals surface area (Å²) in [7, 11) is 1.69. The molecule has 1 saturated heterocycles. The Kier molecular flexibility index (Phi) is 14.0. The van der Waals surface area contributed by atoms with Crippen LogP contribution in [0.5, 0.6) is 0 Å². The third-order valence-corrected chi connectivity index (χ3v) is 5.40. The van der Waals surface area contributed by atoms with Crippen molar-refractivity contribution >= 4 is 5.96 Å². The van der Waals surface area contributed by atoms with Crippen molar-refractivity contribution in [3.05, 3.63) is 35.9 Å². The second kappa shape index (κ2) is 17.0. The lowest BCUT2D eigenvalue weighted by Gasteiger charge is -2.34. The molecule has 0 aromatic heterocycles. The van der Waals surface area contributed by atoms with Crippen LogP contribution in [0.2, 0.25) is 0 Å². The van der Waals surface area contributed by atoms with Crippen LogP contribution >= 0.6 is 0 Å². The Balaban J connectivity index is 1.50. The molecule has 1 fully saturated rings. The van der Waals surface area contributed by atoms with Gasteiger partial charge in [-0.2, -0.15) is 0 Å². The number of hydrogen-bond donors (Lipinski definition) is 2. The van der Waals surface area contributed by atoms with Crippen LogP contribution in [0.4, 0.5) is 0 Å². The van der Waals surface area contributed by atoms with Crippen LogP contribution in [0, 0.1) is 0 Å².